The number of hydrogen-bond donors (Lipinski definition) is 9. The Morgan fingerprint density at radius 2 is 0.958 bits per heavy atom. The maximum atomic E-state index is 13.1. The van der Waals surface area contributed by atoms with Gasteiger partial charge in [0.05, 0.1) is 32.0 Å². The van der Waals surface area contributed by atoms with Crippen LogP contribution in [0.25, 0.3) is 0 Å². The lowest BCUT2D eigenvalue weighted by molar-refractivity contribution is -0.359. The van der Waals surface area contributed by atoms with E-state index in [1.807, 2.05) is 12.2 Å². The molecule has 0 aromatic rings. The summed E-state index contributed by atoms with van der Waals surface area (Å²) in [5.41, 5.74) is 0. The summed E-state index contributed by atoms with van der Waals surface area (Å²) in [6.45, 7) is 2.51. The average Bonchev–Trinajstić information content (AvgIpc) is 3.38. The number of hydrogen-bond acceptors (Lipinski definition) is 13. The van der Waals surface area contributed by atoms with Crippen molar-refractivity contribution in [2.45, 2.75) is 203 Å². The molecule has 72 heavy (non-hydrogen) atoms. The third kappa shape index (κ3) is 28.5. The van der Waals surface area contributed by atoms with Crippen molar-refractivity contribution in [3.63, 3.8) is 0 Å². The van der Waals surface area contributed by atoms with Gasteiger partial charge < -0.3 is 65.1 Å². The van der Waals surface area contributed by atoms with Crippen LogP contribution in [0.2, 0.25) is 0 Å². The molecule has 14 nitrogen and oxygen atoms in total. The van der Waals surface area contributed by atoms with Gasteiger partial charge in [-0.3, -0.25) is 4.79 Å². The predicted molar refractivity (Wildman–Crippen MR) is 285 cm³/mol. The summed E-state index contributed by atoms with van der Waals surface area (Å²) in [6, 6.07) is -0.970. The van der Waals surface area contributed by atoms with Crippen LogP contribution < -0.4 is 5.32 Å². The zero-order valence-electron chi connectivity index (χ0n) is 43.1. The van der Waals surface area contributed by atoms with Gasteiger partial charge in [-0.15, -0.1) is 0 Å². The standard InChI is InChI=1S/C58H91NO13/c1-3-5-7-9-11-13-14-15-16-17-18-19-20-21-22-23-24-25-26-27-28-29-30-31-32-34-36-38-40-42-50(63)59-46(47(62)41-39-37-35-33-12-10-8-6-4-2)45-69-57-55(68)53(66)56(49(44-61)71-57)72-58-54(67)52(65)51(64)48(43-60)70-58/h5,7,11-13,15-16,18-19,21-22,24-25,27-28,30-31,33-34,36,39,41,46-49,51-58,60-62,64-68H,3-4,6,8-10,14,17,20,23,26,29,32,35,37-38,40,42-45H2,1-2H3,(H,59,63)/b7-5-,13-11-,16-15-,19-18-,22-21-,25-24-,28-27-,31-30-,33-12+,36-34-,41-39+. The summed E-state index contributed by atoms with van der Waals surface area (Å²) in [7, 11) is 0. The third-order valence-corrected chi connectivity index (χ3v) is 11.8. The second-order valence-corrected chi connectivity index (χ2v) is 17.9. The Bertz CT molecular complexity index is 1710. The fraction of sp³-hybridized carbons (Fsp3) is 0.603. The molecule has 1 amide bonds. The van der Waals surface area contributed by atoms with Crippen LogP contribution in [0.5, 0.6) is 0 Å². The number of allylic oxidation sites excluding steroid dienone is 21. The molecule has 9 N–H and O–H groups in total. The number of carbonyl (C=O) groups excluding carboxylic acids is 1. The first kappa shape index (κ1) is 64.2. The highest BCUT2D eigenvalue weighted by atomic mass is 16.7. The molecular weight excluding hydrogens is 919 g/mol. The molecule has 2 rings (SSSR count). The van der Waals surface area contributed by atoms with Crippen molar-refractivity contribution < 1.29 is 64.6 Å². The van der Waals surface area contributed by atoms with Gasteiger partial charge in [0.25, 0.3) is 0 Å². The van der Waals surface area contributed by atoms with Crippen molar-refractivity contribution in [3.8, 4) is 0 Å². The minimum atomic E-state index is -1.80. The van der Waals surface area contributed by atoms with Gasteiger partial charge in [0.15, 0.2) is 12.6 Å². The lowest BCUT2D eigenvalue weighted by Crippen LogP contribution is -2.65. The van der Waals surface area contributed by atoms with Gasteiger partial charge in [-0.05, 0) is 96.3 Å². The number of amides is 1. The van der Waals surface area contributed by atoms with Crippen molar-refractivity contribution in [1.82, 2.24) is 5.32 Å². The van der Waals surface area contributed by atoms with Crippen LogP contribution in [-0.4, -0.2) is 140 Å². The molecule has 406 valence electrons. The van der Waals surface area contributed by atoms with E-state index in [-0.39, 0.29) is 18.9 Å². The molecule has 14 heteroatoms. The van der Waals surface area contributed by atoms with E-state index in [1.165, 1.54) is 6.42 Å². The number of rotatable bonds is 38. The van der Waals surface area contributed by atoms with Gasteiger partial charge in [0.2, 0.25) is 5.91 Å². The normalized spacial score (nSPS) is 26.7. The molecule has 2 saturated heterocycles. The second kappa shape index (κ2) is 42.5. The van der Waals surface area contributed by atoms with E-state index in [4.69, 9.17) is 18.9 Å². The summed E-state index contributed by atoms with van der Waals surface area (Å²) in [5.74, 6) is -0.318. The van der Waals surface area contributed by atoms with E-state index in [0.717, 1.165) is 83.5 Å². The molecule has 2 heterocycles. The molecule has 2 aliphatic rings. The topological polar surface area (TPSA) is 228 Å². The molecule has 0 spiro atoms. The van der Waals surface area contributed by atoms with Gasteiger partial charge in [0, 0.05) is 6.42 Å². The number of nitrogens with one attached hydrogen (secondary N) is 1. The Morgan fingerprint density at radius 3 is 1.47 bits per heavy atom. The van der Waals surface area contributed by atoms with Crippen LogP contribution >= 0.6 is 0 Å². The van der Waals surface area contributed by atoms with Gasteiger partial charge in [-0.1, -0.05) is 160 Å². The Balaban J connectivity index is 1.77. The van der Waals surface area contributed by atoms with Crippen molar-refractivity contribution in [2.24, 2.45) is 0 Å². The fourth-order valence-electron chi connectivity index (χ4n) is 7.54. The van der Waals surface area contributed by atoms with E-state index in [2.05, 4.69) is 135 Å². The summed E-state index contributed by atoms with van der Waals surface area (Å²) >= 11 is 0. The van der Waals surface area contributed by atoms with Gasteiger partial charge in [-0.2, -0.15) is 0 Å². The second-order valence-electron chi connectivity index (χ2n) is 17.9. The monoisotopic (exact) mass is 1010 g/mol. The summed E-state index contributed by atoms with van der Waals surface area (Å²) < 4.78 is 22.6. The smallest absolute Gasteiger partial charge is 0.220 e. The molecule has 12 atom stereocenters. The first-order chi connectivity index (χ1) is 35.1. The van der Waals surface area contributed by atoms with E-state index in [1.54, 1.807) is 6.08 Å². The van der Waals surface area contributed by atoms with Crippen molar-refractivity contribution in [2.75, 3.05) is 19.8 Å². The van der Waals surface area contributed by atoms with Gasteiger partial charge >= 0.3 is 0 Å². The summed E-state index contributed by atoms with van der Waals surface area (Å²) in [4.78, 5) is 13.1. The Labute approximate surface area is 430 Å². The lowest BCUT2D eigenvalue weighted by atomic mass is 9.97. The Kier molecular flexibility index (Phi) is 37.9. The number of ether oxygens (including phenoxy) is 4. The molecule has 0 saturated carbocycles. The molecule has 2 aliphatic heterocycles. The molecular formula is C58H91NO13. The highest BCUT2D eigenvalue weighted by Crippen LogP contribution is 2.30. The third-order valence-electron chi connectivity index (χ3n) is 11.8. The number of unbranched alkanes of at least 4 members (excludes halogenated alkanes) is 5. The van der Waals surface area contributed by atoms with Crippen LogP contribution in [0.1, 0.15) is 129 Å². The fourth-order valence-corrected chi connectivity index (χ4v) is 7.54. The van der Waals surface area contributed by atoms with E-state index >= 15 is 0 Å². The largest absolute Gasteiger partial charge is 0.394 e. The Hall–Kier alpha value is -3.87. The zero-order valence-corrected chi connectivity index (χ0v) is 43.1. The molecule has 0 aromatic heterocycles. The highest BCUT2D eigenvalue weighted by Gasteiger charge is 2.51. The molecule has 0 aromatic carbocycles. The van der Waals surface area contributed by atoms with Crippen molar-refractivity contribution >= 4 is 5.91 Å². The first-order valence-corrected chi connectivity index (χ1v) is 26.4. The molecule has 0 aliphatic carbocycles. The number of aliphatic hydroxyl groups excluding tert-OH is 8. The molecule has 0 bridgehead atoms. The lowest BCUT2D eigenvalue weighted by Gasteiger charge is -2.46. The average molecular weight is 1010 g/mol. The Morgan fingerprint density at radius 1 is 0.514 bits per heavy atom. The number of aliphatic hydroxyl groups is 8. The quantitative estimate of drug-likeness (QED) is 0.0214. The maximum absolute atomic E-state index is 13.1. The van der Waals surface area contributed by atoms with Crippen molar-refractivity contribution in [3.05, 3.63) is 134 Å². The van der Waals surface area contributed by atoms with Gasteiger partial charge in [-0.25, -0.2) is 0 Å². The van der Waals surface area contributed by atoms with Crippen LogP contribution in [0, 0.1) is 0 Å². The first-order valence-electron chi connectivity index (χ1n) is 26.4. The van der Waals surface area contributed by atoms with E-state index in [9.17, 15) is 45.6 Å². The minimum Gasteiger partial charge on any atom is -0.394 e. The van der Waals surface area contributed by atoms with Crippen LogP contribution in [0.3, 0.4) is 0 Å². The van der Waals surface area contributed by atoms with Crippen LogP contribution in [0.15, 0.2) is 134 Å². The van der Waals surface area contributed by atoms with E-state index in [0.29, 0.717) is 19.3 Å². The summed E-state index contributed by atoms with van der Waals surface area (Å²) in [6.07, 6.45) is 45.2. The van der Waals surface area contributed by atoms with Crippen LogP contribution in [0.4, 0.5) is 0 Å². The van der Waals surface area contributed by atoms with Gasteiger partial charge in [0.1, 0.15) is 48.8 Å². The number of carbonyl (C=O) groups is 1. The molecule has 0 radical (unpaired) electrons. The predicted octanol–water partition coefficient (Wildman–Crippen LogP) is 7.65. The van der Waals surface area contributed by atoms with Crippen LogP contribution in [-0.2, 0) is 23.7 Å². The summed E-state index contributed by atoms with van der Waals surface area (Å²) in [5, 5.41) is 86.5. The maximum Gasteiger partial charge on any atom is 0.220 e. The SMILES string of the molecule is CC/C=C\C/C=C\C/C=C\C/C=C\C/C=C\C/C=C\C/C=C\C/C=C\C/C=C\CCCC(=O)NC(COC1OC(CO)C(OC2OC(CO)C(O)C(O)C2O)C(O)C1O)C(O)/C=C/CC/C=C/CCCCC. The van der Waals surface area contributed by atoms with E-state index < -0.39 is 86.8 Å². The molecule has 12 unspecified atom stereocenters. The van der Waals surface area contributed by atoms with Crippen molar-refractivity contribution in [1.29, 1.82) is 0 Å². The minimum absolute atomic E-state index is 0.183. The highest BCUT2D eigenvalue weighted by molar-refractivity contribution is 5.76. The molecule has 2 fully saturated rings. The zero-order chi connectivity index (χ0) is 52.4.